The number of carbonyl (C=O) groups is 3. The van der Waals surface area contributed by atoms with Crippen molar-refractivity contribution in [1.29, 1.82) is 0 Å². The van der Waals surface area contributed by atoms with Crippen molar-refractivity contribution < 1.29 is 19.1 Å². The molecule has 3 N–H and O–H groups in total. The number of carbonyl (C=O) groups excluding carboxylic acids is 3. The summed E-state index contributed by atoms with van der Waals surface area (Å²) in [6.07, 6.45) is 0. The van der Waals surface area contributed by atoms with E-state index in [9.17, 15) is 14.4 Å². The van der Waals surface area contributed by atoms with Crippen LogP contribution in [0.3, 0.4) is 0 Å². The molecule has 2 aromatic rings. The Kier molecular flexibility index (Phi) is 4.53. The highest BCUT2D eigenvalue weighted by Crippen LogP contribution is 2.16. The quantitative estimate of drug-likeness (QED) is 0.841. The first-order valence-electron chi connectivity index (χ1n) is 6.41. The largest absolute Gasteiger partial charge is 0.465 e. The molecule has 0 fully saturated rings. The maximum Gasteiger partial charge on any atom is 0.337 e. The molecule has 0 unspecified atom stereocenters. The molecule has 22 heavy (non-hydrogen) atoms. The molecule has 6 nitrogen and oxygen atoms in total. The summed E-state index contributed by atoms with van der Waals surface area (Å²) < 4.78 is 4.58. The summed E-state index contributed by atoms with van der Waals surface area (Å²) in [4.78, 5) is 34.8. The molecule has 0 saturated carbocycles. The van der Waals surface area contributed by atoms with Gasteiger partial charge in [0.15, 0.2) is 0 Å². The molecule has 2 aromatic carbocycles. The molecule has 0 atom stereocenters. The van der Waals surface area contributed by atoms with Gasteiger partial charge in [-0.1, -0.05) is 12.1 Å². The summed E-state index contributed by atoms with van der Waals surface area (Å²) in [6.45, 7) is 0. The Morgan fingerprint density at radius 3 is 2.14 bits per heavy atom. The van der Waals surface area contributed by atoms with Crippen LogP contribution in [0.25, 0.3) is 0 Å². The lowest BCUT2D eigenvalue weighted by Crippen LogP contribution is -2.18. The zero-order valence-corrected chi connectivity index (χ0v) is 11.8. The number of primary amides is 1. The van der Waals surface area contributed by atoms with E-state index in [0.717, 1.165) is 0 Å². The summed E-state index contributed by atoms with van der Waals surface area (Å²) in [7, 11) is 1.28. The first-order chi connectivity index (χ1) is 10.5. The number of nitrogens with two attached hydrogens (primary N) is 1. The molecule has 0 spiro atoms. The summed E-state index contributed by atoms with van der Waals surface area (Å²) in [6, 6.07) is 12.4. The molecular formula is C16H14N2O4. The molecule has 0 aliphatic rings. The van der Waals surface area contributed by atoms with Gasteiger partial charge in [-0.2, -0.15) is 0 Å². The van der Waals surface area contributed by atoms with E-state index in [2.05, 4.69) is 10.1 Å². The Morgan fingerprint density at radius 2 is 1.55 bits per heavy atom. The van der Waals surface area contributed by atoms with Crippen molar-refractivity contribution in [2.45, 2.75) is 0 Å². The smallest absolute Gasteiger partial charge is 0.337 e. The number of nitrogens with one attached hydrogen (secondary N) is 1. The molecule has 0 aliphatic carbocycles. The third kappa shape index (κ3) is 3.29. The minimum Gasteiger partial charge on any atom is -0.465 e. The van der Waals surface area contributed by atoms with Crippen LogP contribution in [-0.2, 0) is 4.74 Å². The van der Waals surface area contributed by atoms with E-state index >= 15 is 0 Å². The van der Waals surface area contributed by atoms with Crippen LogP contribution in [0.4, 0.5) is 5.69 Å². The summed E-state index contributed by atoms with van der Waals surface area (Å²) in [5, 5.41) is 2.61. The lowest BCUT2D eigenvalue weighted by molar-refractivity contribution is 0.0600. The molecular weight excluding hydrogens is 284 g/mol. The third-order valence-electron chi connectivity index (χ3n) is 3.01. The number of esters is 1. The average molecular weight is 298 g/mol. The van der Waals surface area contributed by atoms with Gasteiger partial charge in [0.05, 0.1) is 23.9 Å². The second kappa shape index (κ2) is 6.53. The van der Waals surface area contributed by atoms with Crippen molar-refractivity contribution in [1.82, 2.24) is 0 Å². The van der Waals surface area contributed by atoms with Crippen molar-refractivity contribution in [2.75, 3.05) is 12.4 Å². The molecule has 0 saturated heterocycles. The van der Waals surface area contributed by atoms with Gasteiger partial charge < -0.3 is 15.8 Å². The van der Waals surface area contributed by atoms with Crippen LogP contribution in [0.2, 0.25) is 0 Å². The highest BCUT2D eigenvalue weighted by molar-refractivity contribution is 6.08. The van der Waals surface area contributed by atoms with Gasteiger partial charge in [0.1, 0.15) is 0 Å². The number of methoxy groups -OCH3 is 1. The summed E-state index contributed by atoms with van der Waals surface area (Å²) >= 11 is 0. The maximum absolute atomic E-state index is 12.2. The number of benzene rings is 2. The fourth-order valence-corrected chi connectivity index (χ4v) is 1.88. The van der Waals surface area contributed by atoms with E-state index in [1.165, 1.54) is 37.4 Å². The third-order valence-corrected chi connectivity index (χ3v) is 3.01. The van der Waals surface area contributed by atoms with Crippen molar-refractivity contribution >= 4 is 23.5 Å². The number of hydrogen-bond donors (Lipinski definition) is 2. The van der Waals surface area contributed by atoms with Crippen molar-refractivity contribution in [2.24, 2.45) is 5.73 Å². The van der Waals surface area contributed by atoms with Gasteiger partial charge in [0.2, 0.25) is 0 Å². The van der Waals surface area contributed by atoms with Crippen molar-refractivity contribution in [3.8, 4) is 0 Å². The van der Waals surface area contributed by atoms with E-state index in [4.69, 9.17) is 5.73 Å². The highest BCUT2D eigenvalue weighted by Gasteiger charge is 2.12. The van der Waals surface area contributed by atoms with E-state index < -0.39 is 17.8 Å². The Labute approximate surface area is 126 Å². The molecule has 6 heteroatoms. The summed E-state index contributed by atoms with van der Waals surface area (Å²) in [5.41, 5.74) is 6.49. The second-order valence-corrected chi connectivity index (χ2v) is 4.43. The van der Waals surface area contributed by atoms with Gasteiger partial charge in [-0.25, -0.2) is 4.79 Å². The summed E-state index contributed by atoms with van der Waals surface area (Å²) in [5.74, 6) is -1.52. The highest BCUT2D eigenvalue weighted by atomic mass is 16.5. The van der Waals surface area contributed by atoms with Crippen molar-refractivity contribution in [3.05, 3.63) is 65.2 Å². The zero-order chi connectivity index (χ0) is 16.1. The number of anilines is 1. The molecule has 112 valence electrons. The minimum atomic E-state index is -0.628. The van der Waals surface area contributed by atoms with Crippen LogP contribution in [0.5, 0.6) is 0 Å². The molecule has 0 aromatic heterocycles. The van der Waals surface area contributed by atoms with Gasteiger partial charge in [0.25, 0.3) is 11.8 Å². The normalized spacial score (nSPS) is 9.86. The van der Waals surface area contributed by atoms with Gasteiger partial charge in [-0.05, 0) is 36.4 Å². The molecule has 2 rings (SSSR count). The standard InChI is InChI=1S/C16H14N2O4/c1-22-16(21)11-8-6-10(7-9-11)15(20)18-13-5-3-2-4-12(13)14(17)19/h2-9H,1H3,(H2,17,19)(H,18,20). The topological polar surface area (TPSA) is 98.5 Å². The predicted octanol–water partition coefficient (Wildman–Crippen LogP) is 1.82. The molecule has 2 amide bonds. The fourth-order valence-electron chi connectivity index (χ4n) is 1.88. The predicted molar refractivity (Wildman–Crippen MR) is 80.7 cm³/mol. The Hall–Kier alpha value is -3.15. The van der Waals surface area contributed by atoms with Gasteiger partial charge in [-0.3, -0.25) is 9.59 Å². The van der Waals surface area contributed by atoms with Crippen LogP contribution in [0.15, 0.2) is 48.5 Å². The molecule has 0 radical (unpaired) electrons. The van der Waals surface area contributed by atoms with Crippen LogP contribution in [0, 0.1) is 0 Å². The number of rotatable bonds is 4. The van der Waals surface area contributed by atoms with Crippen LogP contribution in [-0.4, -0.2) is 24.9 Å². The first-order valence-corrected chi connectivity index (χ1v) is 6.41. The van der Waals surface area contributed by atoms with Gasteiger partial charge in [0, 0.05) is 5.56 Å². The van der Waals surface area contributed by atoms with Crippen LogP contribution >= 0.6 is 0 Å². The molecule has 0 heterocycles. The average Bonchev–Trinajstić information content (AvgIpc) is 2.54. The van der Waals surface area contributed by atoms with Crippen molar-refractivity contribution in [3.63, 3.8) is 0 Å². The van der Waals surface area contributed by atoms with Gasteiger partial charge >= 0.3 is 5.97 Å². The van der Waals surface area contributed by atoms with Crippen LogP contribution in [0.1, 0.15) is 31.1 Å². The van der Waals surface area contributed by atoms with E-state index in [1.54, 1.807) is 18.2 Å². The number of ether oxygens (including phenoxy) is 1. The lowest BCUT2D eigenvalue weighted by Gasteiger charge is -2.09. The van der Waals surface area contributed by atoms with Crippen LogP contribution < -0.4 is 11.1 Å². The number of amides is 2. The van der Waals surface area contributed by atoms with Gasteiger partial charge in [-0.15, -0.1) is 0 Å². The lowest BCUT2D eigenvalue weighted by atomic mass is 10.1. The first kappa shape index (κ1) is 15.2. The molecule has 0 bridgehead atoms. The fraction of sp³-hybridized carbons (Fsp3) is 0.0625. The number of para-hydroxylation sites is 1. The second-order valence-electron chi connectivity index (χ2n) is 4.43. The number of hydrogen-bond acceptors (Lipinski definition) is 4. The Morgan fingerprint density at radius 1 is 0.955 bits per heavy atom. The van der Waals surface area contributed by atoms with E-state index in [0.29, 0.717) is 16.8 Å². The Balaban J connectivity index is 2.19. The van der Waals surface area contributed by atoms with E-state index in [-0.39, 0.29) is 5.56 Å². The zero-order valence-electron chi connectivity index (χ0n) is 11.8. The molecule has 0 aliphatic heterocycles. The monoisotopic (exact) mass is 298 g/mol. The minimum absolute atomic E-state index is 0.224. The maximum atomic E-state index is 12.2. The Bertz CT molecular complexity index is 723. The SMILES string of the molecule is COC(=O)c1ccc(C(=O)Nc2ccccc2C(N)=O)cc1. The van der Waals surface area contributed by atoms with E-state index in [1.807, 2.05) is 0 Å².